The first-order valence-electron chi connectivity index (χ1n) is 7.81. The third kappa shape index (κ3) is 2.24. The van der Waals surface area contributed by atoms with Crippen molar-refractivity contribution in [1.29, 1.82) is 0 Å². The first-order valence-corrected chi connectivity index (χ1v) is 7.81. The van der Waals surface area contributed by atoms with Gasteiger partial charge in [-0.25, -0.2) is 9.97 Å². The van der Waals surface area contributed by atoms with Crippen molar-refractivity contribution in [2.45, 2.75) is 45.2 Å². The predicted molar refractivity (Wildman–Crippen MR) is 83.3 cm³/mol. The first kappa shape index (κ1) is 12.6. The van der Waals surface area contributed by atoms with Gasteiger partial charge in [0.1, 0.15) is 5.82 Å². The van der Waals surface area contributed by atoms with Crippen molar-refractivity contribution in [2.75, 3.05) is 0 Å². The fourth-order valence-corrected chi connectivity index (χ4v) is 3.01. The Labute approximate surface area is 124 Å². The lowest BCUT2D eigenvalue weighted by Gasteiger charge is -2.11. The number of para-hydroxylation sites is 2. The van der Waals surface area contributed by atoms with E-state index in [4.69, 9.17) is 4.98 Å². The van der Waals surface area contributed by atoms with E-state index in [1.807, 2.05) is 12.5 Å². The van der Waals surface area contributed by atoms with E-state index in [0.717, 1.165) is 24.9 Å². The minimum Gasteiger partial charge on any atom is -0.330 e. The average molecular weight is 280 g/mol. The largest absolute Gasteiger partial charge is 0.330 e. The Morgan fingerprint density at radius 3 is 2.90 bits per heavy atom. The molecule has 21 heavy (non-hydrogen) atoms. The zero-order valence-corrected chi connectivity index (χ0v) is 12.4. The molecule has 1 fully saturated rings. The molecule has 1 saturated carbocycles. The molecule has 0 N–H and O–H groups in total. The van der Waals surface area contributed by atoms with Gasteiger partial charge in [0.2, 0.25) is 0 Å². The van der Waals surface area contributed by atoms with Crippen molar-refractivity contribution in [1.82, 2.24) is 19.1 Å². The van der Waals surface area contributed by atoms with Gasteiger partial charge < -0.3 is 9.13 Å². The molecule has 0 bridgehead atoms. The van der Waals surface area contributed by atoms with E-state index in [0.29, 0.717) is 6.04 Å². The standard InChI is InChI=1S/C17H20N4/c1-2-5-17-19-15-6-3-4-7-16(15)20(17)11-14-10-18-12-21(14)13-8-9-13/h3-4,6-7,10,12-13H,2,5,8-9,11H2,1H3. The van der Waals surface area contributed by atoms with Crippen molar-refractivity contribution in [3.8, 4) is 0 Å². The van der Waals surface area contributed by atoms with Gasteiger partial charge in [0.05, 0.1) is 29.6 Å². The van der Waals surface area contributed by atoms with E-state index in [1.54, 1.807) is 0 Å². The summed E-state index contributed by atoms with van der Waals surface area (Å²) in [5.74, 6) is 1.18. The fourth-order valence-electron chi connectivity index (χ4n) is 3.01. The maximum absolute atomic E-state index is 4.81. The van der Waals surface area contributed by atoms with Crippen LogP contribution in [-0.2, 0) is 13.0 Å². The van der Waals surface area contributed by atoms with E-state index in [9.17, 15) is 0 Å². The van der Waals surface area contributed by atoms with Gasteiger partial charge in [-0.15, -0.1) is 0 Å². The summed E-state index contributed by atoms with van der Waals surface area (Å²) in [4.78, 5) is 9.16. The second-order valence-electron chi connectivity index (χ2n) is 5.88. The van der Waals surface area contributed by atoms with Crippen LogP contribution in [0.4, 0.5) is 0 Å². The molecule has 108 valence electrons. The summed E-state index contributed by atoms with van der Waals surface area (Å²) in [5.41, 5.74) is 3.61. The topological polar surface area (TPSA) is 35.6 Å². The molecule has 4 rings (SSSR count). The highest BCUT2D eigenvalue weighted by Crippen LogP contribution is 2.36. The molecule has 1 aliphatic rings. The van der Waals surface area contributed by atoms with Crippen LogP contribution in [0.25, 0.3) is 11.0 Å². The van der Waals surface area contributed by atoms with Crippen molar-refractivity contribution in [3.63, 3.8) is 0 Å². The van der Waals surface area contributed by atoms with E-state index < -0.39 is 0 Å². The van der Waals surface area contributed by atoms with Crippen LogP contribution in [0.3, 0.4) is 0 Å². The molecule has 0 radical (unpaired) electrons. The molecule has 0 unspecified atom stereocenters. The number of benzene rings is 1. The lowest BCUT2D eigenvalue weighted by Crippen LogP contribution is -2.09. The molecule has 3 aromatic rings. The zero-order valence-electron chi connectivity index (χ0n) is 12.4. The molecule has 0 amide bonds. The van der Waals surface area contributed by atoms with Crippen LogP contribution < -0.4 is 0 Å². The van der Waals surface area contributed by atoms with Gasteiger partial charge in [-0.3, -0.25) is 0 Å². The predicted octanol–water partition coefficient (Wildman–Crippen LogP) is 3.57. The maximum Gasteiger partial charge on any atom is 0.110 e. The van der Waals surface area contributed by atoms with E-state index in [2.05, 4.69) is 45.3 Å². The minimum absolute atomic E-state index is 0.673. The van der Waals surface area contributed by atoms with Gasteiger partial charge in [-0.2, -0.15) is 0 Å². The lowest BCUT2D eigenvalue weighted by atomic mass is 10.3. The summed E-state index contributed by atoms with van der Waals surface area (Å²) in [7, 11) is 0. The van der Waals surface area contributed by atoms with Gasteiger partial charge in [-0.1, -0.05) is 19.1 Å². The van der Waals surface area contributed by atoms with Crippen LogP contribution in [-0.4, -0.2) is 19.1 Å². The normalized spacial score (nSPS) is 14.9. The molecule has 0 aliphatic heterocycles. The number of rotatable bonds is 5. The van der Waals surface area contributed by atoms with Crippen molar-refractivity contribution in [2.24, 2.45) is 0 Å². The SMILES string of the molecule is CCCc1nc2ccccc2n1Cc1cncn1C1CC1. The fraction of sp³-hybridized carbons (Fsp3) is 0.412. The molecule has 4 heteroatoms. The molecule has 0 saturated heterocycles. The lowest BCUT2D eigenvalue weighted by molar-refractivity contribution is 0.642. The van der Waals surface area contributed by atoms with Crippen LogP contribution >= 0.6 is 0 Å². The number of hydrogen-bond acceptors (Lipinski definition) is 2. The highest BCUT2D eigenvalue weighted by molar-refractivity contribution is 5.76. The summed E-state index contributed by atoms with van der Waals surface area (Å²) >= 11 is 0. The zero-order chi connectivity index (χ0) is 14.2. The van der Waals surface area contributed by atoms with E-state index in [-0.39, 0.29) is 0 Å². The number of hydrogen-bond donors (Lipinski definition) is 0. The first-order chi connectivity index (χ1) is 10.4. The number of imidazole rings is 2. The highest BCUT2D eigenvalue weighted by Gasteiger charge is 2.25. The Hall–Kier alpha value is -2.10. The van der Waals surface area contributed by atoms with Crippen LogP contribution in [0.1, 0.15) is 43.7 Å². The summed E-state index contributed by atoms with van der Waals surface area (Å²) in [6.07, 6.45) is 8.69. The van der Waals surface area contributed by atoms with Crippen molar-refractivity contribution < 1.29 is 0 Å². The smallest absolute Gasteiger partial charge is 0.110 e. The number of nitrogens with zero attached hydrogens (tertiary/aromatic N) is 4. The maximum atomic E-state index is 4.81. The number of aromatic nitrogens is 4. The molecule has 2 aromatic heterocycles. The van der Waals surface area contributed by atoms with Crippen LogP contribution in [0.5, 0.6) is 0 Å². The third-order valence-corrected chi connectivity index (χ3v) is 4.21. The number of aryl methyl sites for hydroxylation is 1. The molecule has 1 aromatic carbocycles. The second kappa shape index (κ2) is 5.02. The second-order valence-corrected chi connectivity index (χ2v) is 5.88. The quantitative estimate of drug-likeness (QED) is 0.716. The molecule has 4 nitrogen and oxygen atoms in total. The van der Waals surface area contributed by atoms with Crippen LogP contribution in [0, 0.1) is 0 Å². The number of fused-ring (bicyclic) bond motifs is 1. The molecule has 1 aliphatic carbocycles. The van der Waals surface area contributed by atoms with Crippen LogP contribution in [0.15, 0.2) is 36.8 Å². The molecular weight excluding hydrogens is 260 g/mol. The average Bonchev–Trinajstić information content (AvgIpc) is 3.15. The monoisotopic (exact) mass is 280 g/mol. The van der Waals surface area contributed by atoms with Gasteiger partial charge in [0, 0.05) is 18.7 Å². The molecule has 2 heterocycles. The molecular formula is C17H20N4. The summed E-state index contributed by atoms with van der Waals surface area (Å²) in [5, 5.41) is 0. The Kier molecular flexibility index (Phi) is 3.02. The molecule has 0 spiro atoms. The van der Waals surface area contributed by atoms with Crippen molar-refractivity contribution >= 4 is 11.0 Å². The summed E-state index contributed by atoms with van der Waals surface area (Å²) in [6, 6.07) is 9.09. The Balaban J connectivity index is 1.77. The molecule has 0 atom stereocenters. The van der Waals surface area contributed by atoms with Gasteiger partial charge in [0.25, 0.3) is 0 Å². The summed E-state index contributed by atoms with van der Waals surface area (Å²) < 4.78 is 4.69. The Morgan fingerprint density at radius 1 is 1.24 bits per heavy atom. The van der Waals surface area contributed by atoms with E-state index in [1.165, 1.54) is 29.9 Å². The van der Waals surface area contributed by atoms with Gasteiger partial charge >= 0.3 is 0 Å². The Morgan fingerprint density at radius 2 is 2.10 bits per heavy atom. The summed E-state index contributed by atoms with van der Waals surface area (Å²) in [6.45, 7) is 3.07. The third-order valence-electron chi connectivity index (χ3n) is 4.21. The van der Waals surface area contributed by atoms with Gasteiger partial charge in [-0.05, 0) is 31.4 Å². The van der Waals surface area contributed by atoms with Gasteiger partial charge in [0.15, 0.2) is 0 Å². The van der Waals surface area contributed by atoms with Crippen molar-refractivity contribution in [3.05, 3.63) is 48.3 Å². The van der Waals surface area contributed by atoms with Crippen LogP contribution in [0.2, 0.25) is 0 Å². The van der Waals surface area contributed by atoms with E-state index >= 15 is 0 Å². The Bertz CT molecular complexity index is 764. The minimum atomic E-state index is 0.673. The highest BCUT2D eigenvalue weighted by atomic mass is 15.1.